The maximum atomic E-state index is 12.4. The third-order valence-corrected chi connectivity index (χ3v) is 5.06. The van der Waals surface area contributed by atoms with Crippen LogP contribution in [0.4, 0.5) is 10.5 Å². The van der Waals surface area contributed by atoms with Crippen molar-refractivity contribution in [2.75, 3.05) is 31.6 Å². The van der Waals surface area contributed by atoms with Crippen molar-refractivity contribution >= 4 is 30.1 Å². The number of carbonyl (C=O) groups excluding carboxylic acids is 2. The Morgan fingerprint density at radius 1 is 1.16 bits per heavy atom. The molecule has 2 aliphatic heterocycles. The number of fused-ring (bicyclic) bond motifs is 1. The van der Waals surface area contributed by atoms with Gasteiger partial charge in [0.1, 0.15) is 0 Å². The first-order chi connectivity index (χ1) is 11.6. The van der Waals surface area contributed by atoms with Gasteiger partial charge in [0.2, 0.25) is 0 Å². The second kappa shape index (κ2) is 8.54. The highest BCUT2D eigenvalue weighted by atomic mass is 35.5. The lowest BCUT2D eigenvalue weighted by Gasteiger charge is -2.32. The normalized spacial score (nSPS) is 18.1. The van der Waals surface area contributed by atoms with Crippen LogP contribution in [0.2, 0.25) is 0 Å². The molecule has 0 spiro atoms. The first kappa shape index (κ1) is 19.5. The number of halogens is 1. The van der Waals surface area contributed by atoms with Gasteiger partial charge in [0.25, 0.3) is 5.91 Å². The summed E-state index contributed by atoms with van der Waals surface area (Å²) in [6.07, 6.45) is 4.32. The molecule has 0 unspecified atom stereocenters. The van der Waals surface area contributed by atoms with Crippen LogP contribution in [0.3, 0.4) is 0 Å². The van der Waals surface area contributed by atoms with E-state index in [9.17, 15) is 9.59 Å². The highest BCUT2D eigenvalue weighted by molar-refractivity contribution is 5.95. The second-order valence-corrected chi connectivity index (χ2v) is 6.52. The maximum Gasteiger partial charge on any atom is 0.411 e. The first-order valence-corrected chi connectivity index (χ1v) is 8.70. The molecule has 0 aliphatic carbocycles. The topological polar surface area (TPSA) is 70.7 Å². The smallest absolute Gasteiger partial charge is 0.411 e. The lowest BCUT2D eigenvalue weighted by Crippen LogP contribution is -2.48. The molecular formula is C18H26ClN3O3. The summed E-state index contributed by atoms with van der Waals surface area (Å²) < 4.78 is 4.82. The molecule has 3 rings (SSSR count). The van der Waals surface area contributed by atoms with E-state index in [-0.39, 0.29) is 23.9 Å². The van der Waals surface area contributed by atoms with Crippen LogP contribution in [-0.4, -0.2) is 48.7 Å². The van der Waals surface area contributed by atoms with Crippen molar-refractivity contribution in [1.29, 1.82) is 0 Å². The number of nitrogens with zero attached hydrogens (tertiary/aromatic N) is 1. The molecule has 2 N–H and O–H groups in total. The van der Waals surface area contributed by atoms with Crippen LogP contribution >= 0.6 is 12.4 Å². The third kappa shape index (κ3) is 4.44. The summed E-state index contributed by atoms with van der Waals surface area (Å²) >= 11 is 0. The molecule has 6 nitrogen and oxygen atoms in total. The molecule has 0 atom stereocenters. The maximum absolute atomic E-state index is 12.4. The molecule has 1 aromatic carbocycles. The molecule has 138 valence electrons. The number of ether oxygens (including phenoxy) is 1. The minimum absolute atomic E-state index is 0. The Kier molecular flexibility index (Phi) is 6.67. The lowest BCUT2D eigenvalue weighted by molar-refractivity contribution is 0.0919. The van der Waals surface area contributed by atoms with Crippen LogP contribution in [0.1, 0.15) is 43.0 Å². The number of amides is 2. The third-order valence-electron chi connectivity index (χ3n) is 5.06. The first-order valence-electron chi connectivity index (χ1n) is 8.70. The fourth-order valence-electron chi connectivity index (χ4n) is 3.85. The Labute approximate surface area is 154 Å². The summed E-state index contributed by atoms with van der Waals surface area (Å²) in [5, 5.41) is 5.71. The molecule has 0 radical (unpaired) electrons. The standard InChI is InChI=1S/C18H25N3O3.ClH/c1-2-24-17(23)20-15-7-5-14(6-8-15)16(22)19-13-18-9-3-11-21(18)12-4-10-18;/h5-8H,2-4,9-13H2,1H3,(H,19,22)(H,20,23);1H. The summed E-state index contributed by atoms with van der Waals surface area (Å²) in [7, 11) is 0. The van der Waals surface area contributed by atoms with Crippen molar-refractivity contribution in [3.8, 4) is 0 Å². The van der Waals surface area contributed by atoms with E-state index in [2.05, 4.69) is 15.5 Å². The van der Waals surface area contributed by atoms with Crippen molar-refractivity contribution in [2.24, 2.45) is 0 Å². The summed E-state index contributed by atoms with van der Waals surface area (Å²) in [6, 6.07) is 6.86. The minimum atomic E-state index is -0.489. The number of nitrogens with one attached hydrogen (secondary N) is 2. The predicted octanol–water partition coefficient (Wildman–Crippen LogP) is 3.04. The van der Waals surface area contributed by atoms with Gasteiger partial charge in [0.15, 0.2) is 0 Å². The molecule has 0 saturated carbocycles. The molecule has 2 fully saturated rings. The largest absolute Gasteiger partial charge is 0.450 e. The monoisotopic (exact) mass is 367 g/mol. The number of rotatable bonds is 5. The highest BCUT2D eigenvalue weighted by Gasteiger charge is 2.44. The van der Waals surface area contributed by atoms with Gasteiger partial charge >= 0.3 is 6.09 Å². The Balaban J connectivity index is 0.00000225. The Hall–Kier alpha value is -1.79. The van der Waals surface area contributed by atoms with Gasteiger partial charge in [0.05, 0.1) is 6.61 Å². The average Bonchev–Trinajstić information content (AvgIpc) is 3.13. The number of anilines is 1. The van der Waals surface area contributed by atoms with E-state index in [0.717, 1.165) is 13.1 Å². The molecule has 25 heavy (non-hydrogen) atoms. The lowest BCUT2D eigenvalue weighted by atomic mass is 9.94. The van der Waals surface area contributed by atoms with E-state index in [1.165, 1.54) is 25.7 Å². The summed E-state index contributed by atoms with van der Waals surface area (Å²) in [5.74, 6) is -0.0641. The zero-order valence-corrected chi connectivity index (χ0v) is 15.4. The van der Waals surface area contributed by atoms with E-state index < -0.39 is 6.09 Å². The van der Waals surface area contributed by atoms with Gasteiger partial charge in [-0.15, -0.1) is 12.4 Å². The molecule has 2 heterocycles. The fourth-order valence-corrected chi connectivity index (χ4v) is 3.85. The van der Waals surface area contributed by atoms with Crippen molar-refractivity contribution in [1.82, 2.24) is 10.2 Å². The van der Waals surface area contributed by atoms with Crippen molar-refractivity contribution in [3.63, 3.8) is 0 Å². The van der Waals surface area contributed by atoms with Crippen molar-refractivity contribution in [2.45, 2.75) is 38.1 Å². The van der Waals surface area contributed by atoms with E-state index in [1.54, 1.807) is 31.2 Å². The van der Waals surface area contributed by atoms with E-state index in [0.29, 0.717) is 24.4 Å². The molecular weight excluding hydrogens is 342 g/mol. The van der Waals surface area contributed by atoms with Gasteiger partial charge in [-0.05, 0) is 70.0 Å². The molecule has 7 heteroatoms. The summed E-state index contributed by atoms with van der Waals surface area (Å²) in [4.78, 5) is 26.3. The van der Waals surface area contributed by atoms with Gasteiger partial charge in [-0.1, -0.05) is 0 Å². The Morgan fingerprint density at radius 3 is 2.40 bits per heavy atom. The second-order valence-electron chi connectivity index (χ2n) is 6.52. The minimum Gasteiger partial charge on any atom is -0.450 e. The van der Waals surface area contributed by atoms with Crippen LogP contribution < -0.4 is 10.6 Å². The van der Waals surface area contributed by atoms with E-state index in [4.69, 9.17) is 4.74 Å². The van der Waals surface area contributed by atoms with Gasteiger partial charge in [0, 0.05) is 23.3 Å². The van der Waals surface area contributed by atoms with Gasteiger partial charge in [-0.2, -0.15) is 0 Å². The summed E-state index contributed by atoms with van der Waals surface area (Å²) in [6.45, 7) is 5.11. The van der Waals surface area contributed by atoms with E-state index in [1.807, 2.05) is 0 Å². The Morgan fingerprint density at radius 2 is 1.80 bits per heavy atom. The highest BCUT2D eigenvalue weighted by Crippen LogP contribution is 2.38. The SMILES string of the molecule is CCOC(=O)Nc1ccc(C(=O)NCC23CCCN2CCC3)cc1.Cl. The van der Waals surface area contributed by atoms with Crippen LogP contribution in [0, 0.1) is 0 Å². The number of hydrogen-bond donors (Lipinski definition) is 2. The van der Waals surface area contributed by atoms with Gasteiger partial charge < -0.3 is 10.1 Å². The van der Waals surface area contributed by atoms with Gasteiger partial charge in [-0.3, -0.25) is 15.0 Å². The number of hydrogen-bond acceptors (Lipinski definition) is 4. The van der Waals surface area contributed by atoms with Crippen LogP contribution in [-0.2, 0) is 4.74 Å². The molecule has 1 aromatic rings. The summed E-state index contributed by atoms with van der Waals surface area (Å²) in [5.41, 5.74) is 1.39. The number of carbonyl (C=O) groups is 2. The average molecular weight is 368 g/mol. The fraction of sp³-hybridized carbons (Fsp3) is 0.556. The van der Waals surface area contributed by atoms with E-state index >= 15 is 0 Å². The quantitative estimate of drug-likeness (QED) is 0.839. The zero-order valence-electron chi connectivity index (χ0n) is 14.5. The molecule has 2 aliphatic rings. The van der Waals surface area contributed by atoms with Crippen molar-refractivity contribution < 1.29 is 14.3 Å². The molecule has 2 saturated heterocycles. The Bertz CT molecular complexity index is 596. The van der Waals surface area contributed by atoms with Crippen molar-refractivity contribution in [3.05, 3.63) is 29.8 Å². The molecule has 0 bridgehead atoms. The zero-order chi connectivity index (χ0) is 17.0. The van der Waals surface area contributed by atoms with Crippen LogP contribution in [0.5, 0.6) is 0 Å². The predicted molar refractivity (Wildman–Crippen MR) is 99.4 cm³/mol. The molecule has 2 amide bonds. The van der Waals surface area contributed by atoms with Crippen LogP contribution in [0.25, 0.3) is 0 Å². The number of benzene rings is 1. The molecule has 0 aromatic heterocycles. The van der Waals surface area contributed by atoms with Crippen LogP contribution in [0.15, 0.2) is 24.3 Å². The van der Waals surface area contributed by atoms with Gasteiger partial charge in [-0.25, -0.2) is 4.79 Å².